The van der Waals surface area contributed by atoms with Crippen LogP contribution in [0.15, 0.2) is 103 Å². The monoisotopic (exact) mass is 462 g/mol. The van der Waals surface area contributed by atoms with Crippen LogP contribution in [-0.4, -0.2) is 41.0 Å². The van der Waals surface area contributed by atoms with Crippen molar-refractivity contribution in [2.75, 3.05) is 31.1 Å². The molecule has 168 valence electrons. The normalized spacial score (nSPS) is 14.7. The van der Waals surface area contributed by atoms with E-state index in [2.05, 4.69) is 101 Å². The summed E-state index contributed by atoms with van der Waals surface area (Å²) in [4.78, 5) is 15.6. The molecule has 0 unspecified atom stereocenters. The van der Waals surface area contributed by atoms with E-state index in [1.165, 1.54) is 26.1 Å². The molecule has 0 atom stereocenters. The second kappa shape index (κ2) is 9.37. The minimum atomic E-state index is 0.265. The van der Waals surface area contributed by atoms with Gasteiger partial charge in [-0.2, -0.15) is 0 Å². The molecule has 0 N–H and O–H groups in total. The molecule has 5 heteroatoms. The summed E-state index contributed by atoms with van der Waals surface area (Å²) >= 11 is 1.79. The predicted molar refractivity (Wildman–Crippen MR) is 141 cm³/mol. The van der Waals surface area contributed by atoms with Crippen LogP contribution in [0.4, 0.5) is 5.95 Å². The molecule has 4 nitrogen and oxygen atoms in total. The van der Waals surface area contributed by atoms with Crippen LogP contribution in [-0.2, 0) is 0 Å². The van der Waals surface area contributed by atoms with E-state index in [1.807, 2.05) is 12.4 Å². The van der Waals surface area contributed by atoms with Crippen molar-refractivity contribution in [2.45, 2.75) is 6.04 Å². The molecule has 1 saturated heterocycles. The molecule has 3 heterocycles. The molecule has 0 radical (unpaired) electrons. The average molecular weight is 463 g/mol. The van der Waals surface area contributed by atoms with E-state index in [-0.39, 0.29) is 6.04 Å². The molecule has 0 bridgehead atoms. The van der Waals surface area contributed by atoms with E-state index in [0.717, 1.165) is 37.7 Å². The van der Waals surface area contributed by atoms with Gasteiger partial charge in [-0.15, -0.1) is 11.3 Å². The van der Waals surface area contributed by atoms with Crippen molar-refractivity contribution in [2.24, 2.45) is 0 Å². The fourth-order valence-electron chi connectivity index (χ4n) is 4.80. The van der Waals surface area contributed by atoms with E-state index < -0.39 is 0 Å². The Bertz CT molecular complexity index is 1290. The largest absolute Gasteiger partial charge is 0.338 e. The van der Waals surface area contributed by atoms with Gasteiger partial charge in [-0.25, -0.2) is 9.97 Å². The van der Waals surface area contributed by atoms with Gasteiger partial charge >= 0.3 is 0 Å². The molecule has 1 aliphatic rings. The number of fused-ring (bicyclic) bond motifs is 1. The minimum absolute atomic E-state index is 0.265. The second-order valence-electron chi connectivity index (χ2n) is 8.67. The number of piperazine rings is 1. The summed E-state index contributed by atoms with van der Waals surface area (Å²) in [5, 5.41) is 1.27. The lowest BCUT2D eigenvalue weighted by Crippen LogP contribution is -2.48. The Hall–Kier alpha value is -3.54. The fraction of sp³-hybridized carbons (Fsp3) is 0.172. The van der Waals surface area contributed by atoms with E-state index in [4.69, 9.17) is 9.97 Å². The van der Waals surface area contributed by atoms with Crippen molar-refractivity contribution in [3.63, 3.8) is 0 Å². The van der Waals surface area contributed by atoms with Crippen molar-refractivity contribution in [3.8, 4) is 10.4 Å². The Morgan fingerprint density at radius 1 is 0.676 bits per heavy atom. The van der Waals surface area contributed by atoms with Crippen molar-refractivity contribution in [3.05, 3.63) is 115 Å². The molecule has 0 saturated carbocycles. The fourth-order valence-corrected chi connectivity index (χ4v) is 5.84. The molecule has 1 fully saturated rings. The first-order valence-electron chi connectivity index (χ1n) is 11.7. The van der Waals surface area contributed by atoms with Crippen molar-refractivity contribution in [1.82, 2.24) is 14.9 Å². The van der Waals surface area contributed by atoms with Crippen LogP contribution >= 0.6 is 11.3 Å². The summed E-state index contributed by atoms with van der Waals surface area (Å²) in [6.45, 7) is 3.77. The van der Waals surface area contributed by atoms with Crippen molar-refractivity contribution in [1.29, 1.82) is 0 Å². The van der Waals surface area contributed by atoms with Gasteiger partial charge in [0.15, 0.2) is 0 Å². The van der Waals surface area contributed by atoms with Gasteiger partial charge in [0.1, 0.15) is 0 Å². The van der Waals surface area contributed by atoms with Gasteiger partial charge in [0.25, 0.3) is 0 Å². The van der Waals surface area contributed by atoms with Gasteiger partial charge in [0.2, 0.25) is 5.95 Å². The number of benzene rings is 3. The molecule has 3 aromatic carbocycles. The minimum Gasteiger partial charge on any atom is -0.338 e. The first-order chi connectivity index (χ1) is 16.8. The third-order valence-electron chi connectivity index (χ3n) is 6.54. The van der Waals surface area contributed by atoms with E-state index in [0.29, 0.717) is 0 Å². The lowest BCUT2D eigenvalue weighted by atomic mass is 9.96. The van der Waals surface area contributed by atoms with Crippen LogP contribution in [0.1, 0.15) is 17.2 Å². The number of hydrogen-bond acceptors (Lipinski definition) is 5. The molecule has 0 spiro atoms. The SMILES string of the molecule is c1ccc(C(c2ccccc2)N2CCN(c3ncc(-c4cc5ccccc5s4)cn3)CC2)cc1. The van der Waals surface area contributed by atoms with Gasteiger partial charge in [-0.3, -0.25) is 4.90 Å². The van der Waals surface area contributed by atoms with Crippen LogP contribution in [0.3, 0.4) is 0 Å². The highest BCUT2D eigenvalue weighted by molar-refractivity contribution is 7.22. The smallest absolute Gasteiger partial charge is 0.225 e. The van der Waals surface area contributed by atoms with Gasteiger partial charge in [-0.05, 0) is 28.6 Å². The third kappa shape index (κ3) is 4.20. The molecule has 2 aromatic heterocycles. The van der Waals surface area contributed by atoms with Gasteiger partial charge in [0.05, 0.1) is 6.04 Å². The second-order valence-corrected chi connectivity index (χ2v) is 9.75. The maximum Gasteiger partial charge on any atom is 0.225 e. The first-order valence-corrected chi connectivity index (χ1v) is 12.6. The molecule has 5 aromatic rings. The zero-order chi connectivity index (χ0) is 22.7. The van der Waals surface area contributed by atoms with Crippen LogP contribution in [0.5, 0.6) is 0 Å². The summed E-state index contributed by atoms with van der Waals surface area (Å²) in [5.41, 5.74) is 3.76. The standard InChI is InChI=1S/C29H26N4S/c1-3-9-22(10-4-1)28(23-11-5-2-6-12-23)32-15-17-33(18-16-32)29-30-20-25(21-31-29)27-19-24-13-7-8-14-26(24)34-27/h1-14,19-21,28H,15-18H2. The van der Waals surface area contributed by atoms with E-state index in [1.54, 1.807) is 11.3 Å². The van der Waals surface area contributed by atoms with E-state index in [9.17, 15) is 0 Å². The number of rotatable bonds is 5. The van der Waals surface area contributed by atoms with Crippen LogP contribution in [0.25, 0.3) is 20.5 Å². The molecule has 6 rings (SSSR count). The molecule has 0 aliphatic carbocycles. The zero-order valence-corrected chi connectivity index (χ0v) is 19.7. The lowest BCUT2D eigenvalue weighted by Gasteiger charge is -2.39. The molecule has 1 aliphatic heterocycles. The average Bonchev–Trinajstić information content (AvgIpc) is 3.35. The molecular formula is C29H26N4S. The summed E-state index contributed by atoms with van der Waals surface area (Å²) in [6, 6.07) is 32.6. The molecule has 0 amide bonds. The maximum atomic E-state index is 4.74. The lowest BCUT2D eigenvalue weighted by molar-refractivity contribution is 0.211. The Labute approximate surface area is 204 Å². The Kier molecular flexibility index (Phi) is 5.79. The summed E-state index contributed by atoms with van der Waals surface area (Å²) < 4.78 is 1.30. The van der Waals surface area contributed by atoms with Crippen molar-refractivity contribution < 1.29 is 0 Å². The number of anilines is 1. The number of hydrogen-bond donors (Lipinski definition) is 0. The number of thiophene rings is 1. The summed E-state index contributed by atoms with van der Waals surface area (Å²) in [6.07, 6.45) is 3.94. The zero-order valence-electron chi connectivity index (χ0n) is 18.9. The van der Waals surface area contributed by atoms with Crippen LogP contribution in [0.2, 0.25) is 0 Å². The van der Waals surface area contributed by atoms with E-state index >= 15 is 0 Å². The summed E-state index contributed by atoms with van der Waals surface area (Å²) in [7, 11) is 0. The summed E-state index contributed by atoms with van der Waals surface area (Å²) in [5.74, 6) is 0.820. The van der Waals surface area contributed by atoms with Crippen LogP contribution in [0, 0.1) is 0 Å². The highest BCUT2D eigenvalue weighted by Crippen LogP contribution is 2.33. The third-order valence-corrected chi connectivity index (χ3v) is 7.71. The Morgan fingerprint density at radius 3 is 1.88 bits per heavy atom. The molecule has 34 heavy (non-hydrogen) atoms. The van der Waals surface area contributed by atoms with Crippen LogP contribution < -0.4 is 4.90 Å². The number of aromatic nitrogens is 2. The topological polar surface area (TPSA) is 32.3 Å². The highest BCUT2D eigenvalue weighted by atomic mass is 32.1. The Morgan fingerprint density at radius 2 is 1.26 bits per heavy atom. The molecular weight excluding hydrogens is 436 g/mol. The van der Waals surface area contributed by atoms with Gasteiger partial charge in [0, 0.05) is 53.7 Å². The predicted octanol–water partition coefficient (Wildman–Crippen LogP) is 6.27. The first kappa shape index (κ1) is 21.0. The van der Waals surface area contributed by atoms with Crippen molar-refractivity contribution >= 4 is 27.4 Å². The van der Waals surface area contributed by atoms with Gasteiger partial charge in [-0.1, -0.05) is 78.9 Å². The quantitative estimate of drug-likeness (QED) is 0.308. The van der Waals surface area contributed by atoms with Gasteiger partial charge < -0.3 is 4.90 Å². The maximum absolute atomic E-state index is 4.74. The number of nitrogens with zero attached hydrogens (tertiary/aromatic N) is 4. The Balaban J connectivity index is 1.18. The highest BCUT2D eigenvalue weighted by Gasteiger charge is 2.27.